The van der Waals surface area contributed by atoms with Crippen molar-refractivity contribution < 1.29 is 0 Å². The van der Waals surface area contributed by atoms with Crippen LogP contribution in [-0.2, 0) is 0 Å². The van der Waals surface area contributed by atoms with Crippen LogP contribution in [0.15, 0.2) is 6.07 Å². The number of rotatable bonds is 1. The predicted octanol–water partition coefficient (Wildman–Crippen LogP) is 3.30. The Balaban J connectivity index is 2.12. The summed E-state index contributed by atoms with van der Waals surface area (Å²) in [4.78, 5) is 14.1. The summed E-state index contributed by atoms with van der Waals surface area (Å²) in [6.45, 7) is 6.41. The molecule has 1 fully saturated rings. The lowest BCUT2D eigenvalue weighted by molar-refractivity contribution is 0.574. The van der Waals surface area contributed by atoms with Crippen LogP contribution in [0.2, 0.25) is 0 Å². The summed E-state index contributed by atoms with van der Waals surface area (Å²) in [6, 6.07) is 2.23. The zero-order valence-electron chi connectivity index (χ0n) is 10.4. The van der Waals surface area contributed by atoms with E-state index in [1.807, 2.05) is 6.92 Å². The van der Waals surface area contributed by atoms with Gasteiger partial charge in [-0.1, -0.05) is 0 Å². The van der Waals surface area contributed by atoms with Gasteiger partial charge in [0.2, 0.25) is 0 Å². The molecule has 1 aliphatic rings. The lowest BCUT2D eigenvalue weighted by atomic mass is 10.1. The van der Waals surface area contributed by atoms with E-state index in [1.54, 1.807) is 11.3 Å². The van der Waals surface area contributed by atoms with Gasteiger partial charge in [0, 0.05) is 18.0 Å². The third kappa shape index (κ3) is 2.02. The molecule has 1 aliphatic heterocycles. The highest BCUT2D eigenvalue weighted by Gasteiger charge is 2.17. The van der Waals surface area contributed by atoms with Gasteiger partial charge in [-0.05, 0) is 39.2 Å². The standard InChI is InChI=1S/C13H17N3S/c1-9-8-11-12(16-6-4-3-5-7-16)14-10(2)15-13(11)17-9/h8H,3-7H2,1-2H3. The third-order valence-electron chi connectivity index (χ3n) is 3.26. The van der Waals surface area contributed by atoms with Gasteiger partial charge in [0.05, 0.1) is 5.39 Å². The molecule has 2 aromatic heterocycles. The number of hydrogen-bond acceptors (Lipinski definition) is 4. The van der Waals surface area contributed by atoms with Crippen molar-refractivity contribution in [1.82, 2.24) is 9.97 Å². The summed E-state index contributed by atoms with van der Waals surface area (Å²) >= 11 is 1.77. The maximum atomic E-state index is 4.66. The molecule has 17 heavy (non-hydrogen) atoms. The molecule has 4 heteroatoms. The minimum Gasteiger partial charge on any atom is -0.356 e. The van der Waals surface area contributed by atoms with E-state index >= 15 is 0 Å². The first-order valence-electron chi connectivity index (χ1n) is 6.24. The molecule has 3 heterocycles. The molecule has 0 aromatic carbocycles. The van der Waals surface area contributed by atoms with Gasteiger partial charge in [0.15, 0.2) is 0 Å². The Bertz CT molecular complexity index is 541. The molecule has 3 nitrogen and oxygen atoms in total. The van der Waals surface area contributed by atoms with E-state index in [9.17, 15) is 0 Å². The fourth-order valence-electron chi connectivity index (χ4n) is 2.48. The quantitative estimate of drug-likeness (QED) is 0.774. The molecular weight excluding hydrogens is 230 g/mol. The van der Waals surface area contributed by atoms with Gasteiger partial charge in [-0.3, -0.25) is 0 Å². The van der Waals surface area contributed by atoms with Crippen molar-refractivity contribution in [3.05, 3.63) is 16.8 Å². The summed E-state index contributed by atoms with van der Waals surface area (Å²) in [5, 5.41) is 1.24. The molecule has 0 spiro atoms. The highest BCUT2D eigenvalue weighted by molar-refractivity contribution is 7.18. The minimum atomic E-state index is 0.889. The molecule has 0 radical (unpaired) electrons. The number of hydrogen-bond donors (Lipinski definition) is 0. The second-order valence-corrected chi connectivity index (χ2v) is 5.95. The Kier molecular flexibility index (Phi) is 2.74. The molecule has 0 amide bonds. The first kappa shape index (κ1) is 11.0. The number of aryl methyl sites for hydroxylation is 2. The van der Waals surface area contributed by atoms with Crippen molar-refractivity contribution in [2.45, 2.75) is 33.1 Å². The number of fused-ring (bicyclic) bond motifs is 1. The van der Waals surface area contributed by atoms with E-state index in [-0.39, 0.29) is 0 Å². The van der Waals surface area contributed by atoms with Gasteiger partial charge in [-0.2, -0.15) is 0 Å². The fraction of sp³-hybridized carbons (Fsp3) is 0.538. The first-order valence-corrected chi connectivity index (χ1v) is 7.05. The second-order valence-electron chi connectivity index (χ2n) is 4.72. The highest BCUT2D eigenvalue weighted by atomic mass is 32.1. The van der Waals surface area contributed by atoms with E-state index < -0.39 is 0 Å². The molecule has 90 valence electrons. The van der Waals surface area contributed by atoms with E-state index in [0.29, 0.717) is 0 Å². The largest absolute Gasteiger partial charge is 0.356 e. The van der Waals surface area contributed by atoms with Crippen molar-refractivity contribution in [2.24, 2.45) is 0 Å². The van der Waals surface area contributed by atoms with Gasteiger partial charge in [0.25, 0.3) is 0 Å². The second kappa shape index (κ2) is 4.26. The Morgan fingerprint density at radius 3 is 2.65 bits per heavy atom. The average molecular weight is 247 g/mol. The van der Waals surface area contributed by atoms with Crippen LogP contribution in [0.5, 0.6) is 0 Å². The van der Waals surface area contributed by atoms with Gasteiger partial charge in [0.1, 0.15) is 16.5 Å². The maximum absolute atomic E-state index is 4.66. The number of anilines is 1. The molecular formula is C13H17N3S. The lowest BCUT2D eigenvalue weighted by Gasteiger charge is -2.28. The summed E-state index contributed by atoms with van der Waals surface area (Å²) in [7, 11) is 0. The molecule has 0 aliphatic carbocycles. The summed E-state index contributed by atoms with van der Waals surface area (Å²) < 4.78 is 0. The van der Waals surface area contributed by atoms with Gasteiger partial charge < -0.3 is 4.90 Å². The molecule has 0 atom stereocenters. The topological polar surface area (TPSA) is 29.0 Å². The van der Waals surface area contributed by atoms with E-state index in [0.717, 1.165) is 29.6 Å². The summed E-state index contributed by atoms with van der Waals surface area (Å²) in [5.74, 6) is 2.04. The summed E-state index contributed by atoms with van der Waals surface area (Å²) in [6.07, 6.45) is 3.92. The van der Waals surface area contributed by atoms with Crippen molar-refractivity contribution >= 4 is 27.4 Å². The maximum Gasteiger partial charge on any atom is 0.141 e. The van der Waals surface area contributed by atoms with Crippen LogP contribution in [0.3, 0.4) is 0 Å². The zero-order chi connectivity index (χ0) is 11.8. The van der Waals surface area contributed by atoms with Crippen LogP contribution in [0, 0.1) is 13.8 Å². The molecule has 3 rings (SSSR count). The smallest absolute Gasteiger partial charge is 0.141 e. The van der Waals surface area contributed by atoms with Gasteiger partial charge in [-0.25, -0.2) is 9.97 Å². The Morgan fingerprint density at radius 2 is 1.88 bits per heavy atom. The Hall–Kier alpha value is -1.16. The Labute approximate surface area is 106 Å². The van der Waals surface area contributed by atoms with Gasteiger partial charge in [-0.15, -0.1) is 11.3 Å². The number of aromatic nitrogens is 2. The number of thiophene rings is 1. The highest BCUT2D eigenvalue weighted by Crippen LogP contribution is 2.31. The van der Waals surface area contributed by atoms with Crippen LogP contribution >= 0.6 is 11.3 Å². The van der Waals surface area contributed by atoms with Crippen LogP contribution < -0.4 is 4.90 Å². The lowest BCUT2D eigenvalue weighted by Crippen LogP contribution is -2.30. The molecule has 2 aromatic rings. The van der Waals surface area contributed by atoms with Crippen LogP contribution in [0.1, 0.15) is 30.0 Å². The molecule has 0 saturated carbocycles. The zero-order valence-corrected chi connectivity index (χ0v) is 11.2. The molecule has 0 unspecified atom stereocenters. The molecule has 1 saturated heterocycles. The molecule has 0 N–H and O–H groups in total. The number of nitrogens with zero attached hydrogens (tertiary/aromatic N) is 3. The van der Waals surface area contributed by atoms with E-state index in [1.165, 1.54) is 29.5 Å². The predicted molar refractivity (Wildman–Crippen MR) is 73.0 cm³/mol. The number of piperidine rings is 1. The monoisotopic (exact) mass is 247 g/mol. The van der Waals surface area contributed by atoms with Crippen LogP contribution in [0.25, 0.3) is 10.2 Å². The van der Waals surface area contributed by atoms with Crippen molar-refractivity contribution in [2.75, 3.05) is 18.0 Å². The minimum absolute atomic E-state index is 0.889. The Morgan fingerprint density at radius 1 is 1.12 bits per heavy atom. The van der Waals surface area contributed by atoms with Crippen molar-refractivity contribution in [3.8, 4) is 0 Å². The van der Waals surface area contributed by atoms with E-state index in [4.69, 9.17) is 0 Å². The first-order chi connectivity index (χ1) is 8.24. The third-order valence-corrected chi connectivity index (χ3v) is 4.21. The van der Waals surface area contributed by atoms with Crippen LogP contribution in [-0.4, -0.2) is 23.1 Å². The van der Waals surface area contributed by atoms with Crippen molar-refractivity contribution in [3.63, 3.8) is 0 Å². The van der Waals surface area contributed by atoms with Gasteiger partial charge >= 0.3 is 0 Å². The normalized spacial score (nSPS) is 16.7. The van der Waals surface area contributed by atoms with Crippen LogP contribution in [0.4, 0.5) is 5.82 Å². The SMILES string of the molecule is Cc1nc(N2CCCCC2)c2cc(C)sc2n1. The van der Waals surface area contributed by atoms with Crippen molar-refractivity contribution in [1.29, 1.82) is 0 Å². The fourth-order valence-corrected chi connectivity index (χ4v) is 3.40. The average Bonchev–Trinajstić information content (AvgIpc) is 2.69. The summed E-state index contributed by atoms with van der Waals surface area (Å²) in [5.41, 5.74) is 0. The molecule has 0 bridgehead atoms. The van der Waals surface area contributed by atoms with E-state index in [2.05, 4.69) is 27.9 Å².